The van der Waals surface area contributed by atoms with E-state index >= 15 is 0 Å². The quantitative estimate of drug-likeness (QED) is 0.862. The molecule has 14 heavy (non-hydrogen) atoms. The van der Waals surface area contributed by atoms with Crippen molar-refractivity contribution in [3.63, 3.8) is 0 Å². The molecule has 0 bridgehead atoms. The van der Waals surface area contributed by atoms with Crippen molar-refractivity contribution in [3.8, 4) is 0 Å². The van der Waals surface area contributed by atoms with Crippen molar-refractivity contribution in [1.82, 2.24) is 0 Å². The topological polar surface area (TPSA) is 26.0 Å². The molecule has 1 nitrogen and oxygen atoms in total. The van der Waals surface area contributed by atoms with E-state index in [0.29, 0.717) is 12.0 Å². The van der Waals surface area contributed by atoms with E-state index in [1.54, 1.807) is 0 Å². The highest BCUT2D eigenvalue weighted by Crippen LogP contribution is 2.30. The van der Waals surface area contributed by atoms with Crippen molar-refractivity contribution in [2.24, 2.45) is 11.7 Å². The molecule has 0 spiro atoms. The number of rotatable bonds is 2. The first-order valence-corrected chi connectivity index (χ1v) is 5.96. The van der Waals surface area contributed by atoms with Gasteiger partial charge in [-0.2, -0.15) is 0 Å². The molecule has 2 rings (SSSR count). The van der Waals surface area contributed by atoms with Gasteiger partial charge in [0.25, 0.3) is 0 Å². The SMILES string of the molecule is Cc1ccc(Br)cc1CC1CCC1N. The van der Waals surface area contributed by atoms with Crippen molar-refractivity contribution >= 4 is 15.9 Å². The van der Waals surface area contributed by atoms with E-state index in [4.69, 9.17) is 5.73 Å². The van der Waals surface area contributed by atoms with Crippen LogP contribution in [-0.2, 0) is 6.42 Å². The van der Waals surface area contributed by atoms with E-state index < -0.39 is 0 Å². The van der Waals surface area contributed by atoms with E-state index in [0.717, 1.165) is 6.42 Å². The summed E-state index contributed by atoms with van der Waals surface area (Å²) in [6.07, 6.45) is 3.65. The van der Waals surface area contributed by atoms with E-state index in [1.165, 1.54) is 28.4 Å². The number of benzene rings is 1. The van der Waals surface area contributed by atoms with Crippen molar-refractivity contribution in [2.45, 2.75) is 32.2 Å². The fourth-order valence-electron chi connectivity index (χ4n) is 1.99. The number of halogens is 1. The van der Waals surface area contributed by atoms with Gasteiger partial charge in [0.15, 0.2) is 0 Å². The lowest BCUT2D eigenvalue weighted by atomic mass is 9.76. The monoisotopic (exact) mass is 253 g/mol. The average molecular weight is 254 g/mol. The van der Waals surface area contributed by atoms with Crippen LogP contribution in [0.5, 0.6) is 0 Å². The van der Waals surface area contributed by atoms with E-state index in [1.807, 2.05) is 0 Å². The Balaban J connectivity index is 2.11. The van der Waals surface area contributed by atoms with Crippen LogP contribution in [0.1, 0.15) is 24.0 Å². The fraction of sp³-hybridized carbons (Fsp3) is 0.500. The summed E-state index contributed by atoms with van der Waals surface area (Å²) >= 11 is 3.51. The molecule has 0 aromatic heterocycles. The third kappa shape index (κ3) is 2.01. The summed E-state index contributed by atoms with van der Waals surface area (Å²) in [5.74, 6) is 0.711. The molecule has 1 aliphatic rings. The number of hydrogen-bond acceptors (Lipinski definition) is 1. The summed E-state index contributed by atoms with van der Waals surface area (Å²) in [5, 5.41) is 0. The first kappa shape index (κ1) is 10.2. The minimum atomic E-state index is 0.438. The molecule has 2 unspecified atom stereocenters. The molecule has 0 heterocycles. The second-order valence-corrected chi connectivity index (χ2v) is 5.19. The van der Waals surface area contributed by atoms with Crippen LogP contribution in [0.4, 0.5) is 0 Å². The molecule has 2 heteroatoms. The molecule has 1 aliphatic carbocycles. The molecule has 2 atom stereocenters. The van der Waals surface area contributed by atoms with Gasteiger partial charge >= 0.3 is 0 Å². The fourth-order valence-corrected chi connectivity index (χ4v) is 2.40. The van der Waals surface area contributed by atoms with E-state index in [9.17, 15) is 0 Å². The van der Waals surface area contributed by atoms with Crippen LogP contribution in [0.25, 0.3) is 0 Å². The zero-order valence-electron chi connectivity index (χ0n) is 8.46. The first-order valence-electron chi connectivity index (χ1n) is 5.17. The summed E-state index contributed by atoms with van der Waals surface area (Å²) in [5.41, 5.74) is 8.77. The van der Waals surface area contributed by atoms with Crippen LogP contribution in [0.3, 0.4) is 0 Å². The number of hydrogen-bond donors (Lipinski definition) is 1. The minimum absolute atomic E-state index is 0.438. The van der Waals surface area contributed by atoms with Crippen LogP contribution in [0.15, 0.2) is 22.7 Å². The Morgan fingerprint density at radius 1 is 1.43 bits per heavy atom. The summed E-state index contributed by atoms with van der Waals surface area (Å²) in [6, 6.07) is 6.93. The standard InChI is InChI=1S/C12H16BrN/c1-8-2-4-11(13)7-10(8)6-9-3-5-12(9)14/h2,4,7,9,12H,3,5-6,14H2,1H3. The van der Waals surface area contributed by atoms with Gasteiger partial charge in [-0.1, -0.05) is 22.0 Å². The Hall–Kier alpha value is -0.340. The van der Waals surface area contributed by atoms with Crippen molar-refractivity contribution in [1.29, 1.82) is 0 Å². The third-order valence-corrected chi connectivity index (χ3v) is 3.76. The Labute approximate surface area is 93.8 Å². The molecule has 0 aliphatic heterocycles. The zero-order valence-corrected chi connectivity index (χ0v) is 10.0. The molecule has 0 saturated heterocycles. The van der Waals surface area contributed by atoms with Crippen LogP contribution in [0, 0.1) is 12.8 Å². The molecule has 76 valence electrons. The van der Waals surface area contributed by atoms with Gasteiger partial charge in [-0.15, -0.1) is 0 Å². The van der Waals surface area contributed by atoms with Crippen molar-refractivity contribution in [3.05, 3.63) is 33.8 Å². The van der Waals surface area contributed by atoms with E-state index in [-0.39, 0.29) is 0 Å². The highest BCUT2D eigenvalue weighted by molar-refractivity contribution is 9.10. The largest absolute Gasteiger partial charge is 0.327 e. The molecular weight excluding hydrogens is 238 g/mol. The smallest absolute Gasteiger partial charge is 0.0178 e. The minimum Gasteiger partial charge on any atom is -0.327 e. The molecule has 2 N–H and O–H groups in total. The van der Waals surface area contributed by atoms with Gasteiger partial charge in [0.2, 0.25) is 0 Å². The third-order valence-electron chi connectivity index (χ3n) is 3.27. The van der Waals surface area contributed by atoms with Gasteiger partial charge < -0.3 is 5.73 Å². The zero-order chi connectivity index (χ0) is 10.1. The van der Waals surface area contributed by atoms with E-state index in [2.05, 4.69) is 41.1 Å². The summed E-state index contributed by atoms with van der Waals surface area (Å²) < 4.78 is 1.17. The van der Waals surface area contributed by atoms with Crippen molar-refractivity contribution < 1.29 is 0 Å². The molecular formula is C12H16BrN. The predicted molar refractivity (Wildman–Crippen MR) is 63.3 cm³/mol. The maximum Gasteiger partial charge on any atom is 0.0178 e. The summed E-state index contributed by atoms with van der Waals surface area (Å²) in [7, 11) is 0. The molecule has 0 radical (unpaired) electrons. The molecule has 1 aromatic carbocycles. The second kappa shape index (κ2) is 4.03. The average Bonchev–Trinajstić information content (AvgIpc) is 2.17. The lowest BCUT2D eigenvalue weighted by molar-refractivity contribution is 0.255. The number of nitrogens with two attached hydrogens (primary N) is 1. The Morgan fingerprint density at radius 3 is 2.79 bits per heavy atom. The highest BCUT2D eigenvalue weighted by atomic mass is 79.9. The van der Waals surface area contributed by atoms with Crippen molar-refractivity contribution in [2.75, 3.05) is 0 Å². The first-order chi connectivity index (χ1) is 6.66. The van der Waals surface area contributed by atoms with Gasteiger partial charge in [0.1, 0.15) is 0 Å². The Morgan fingerprint density at radius 2 is 2.21 bits per heavy atom. The van der Waals surface area contributed by atoms with Crippen LogP contribution < -0.4 is 5.73 Å². The maximum absolute atomic E-state index is 5.95. The van der Waals surface area contributed by atoms with Crippen LogP contribution in [0.2, 0.25) is 0 Å². The van der Waals surface area contributed by atoms with Gasteiger partial charge in [0.05, 0.1) is 0 Å². The maximum atomic E-state index is 5.95. The highest BCUT2D eigenvalue weighted by Gasteiger charge is 2.27. The molecule has 1 saturated carbocycles. The van der Waals surface area contributed by atoms with Gasteiger partial charge in [-0.25, -0.2) is 0 Å². The van der Waals surface area contributed by atoms with Gasteiger partial charge in [0, 0.05) is 10.5 Å². The summed E-state index contributed by atoms with van der Waals surface area (Å²) in [6.45, 7) is 2.17. The lowest BCUT2D eigenvalue weighted by Gasteiger charge is -2.34. The Bertz CT molecular complexity index is 335. The predicted octanol–water partition coefficient (Wildman–Crippen LogP) is 3.04. The van der Waals surface area contributed by atoms with Gasteiger partial charge in [-0.05, 0) is 55.4 Å². The molecule has 0 amide bonds. The Kier molecular flexibility index (Phi) is 2.93. The van der Waals surface area contributed by atoms with Crippen LogP contribution in [-0.4, -0.2) is 6.04 Å². The molecule has 1 fully saturated rings. The van der Waals surface area contributed by atoms with Crippen LogP contribution >= 0.6 is 15.9 Å². The normalized spacial score (nSPS) is 25.9. The summed E-state index contributed by atoms with van der Waals surface area (Å²) in [4.78, 5) is 0. The second-order valence-electron chi connectivity index (χ2n) is 4.28. The lowest BCUT2D eigenvalue weighted by Crippen LogP contribution is -2.40. The number of aryl methyl sites for hydroxylation is 1. The van der Waals surface area contributed by atoms with Gasteiger partial charge in [-0.3, -0.25) is 0 Å². The molecule has 1 aromatic rings.